The Morgan fingerprint density at radius 1 is 1.29 bits per heavy atom. The maximum atomic E-state index is 5.80. The molecular formula is C11H17ClN2. The molecule has 0 heterocycles. The number of halogens is 1. The summed E-state index contributed by atoms with van der Waals surface area (Å²) in [6.07, 6.45) is 0.936. The van der Waals surface area contributed by atoms with Crippen LogP contribution in [0.25, 0.3) is 0 Å². The van der Waals surface area contributed by atoms with Crippen molar-refractivity contribution in [3.05, 3.63) is 34.9 Å². The van der Waals surface area contributed by atoms with Crippen molar-refractivity contribution in [1.82, 2.24) is 5.43 Å². The molecule has 0 amide bonds. The molecule has 14 heavy (non-hydrogen) atoms. The number of benzene rings is 1. The summed E-state index contributed by atoms with van der Waals surface area (Å²) in [7, 11) is 0. The van der Waals surface area contributed by atoms with Crippen LogP contribution in [0.1, 0.15) is 19.4 Å². The summed E-state index contributed by atoms with van der Waals surface area (Å²) in [5.74, 6) is 6.00. The number of hydrazine groups is 1. The molecule has 78 valence electrons. The largest absolute Gasteiger partial charge is 0.271 e. The second kappa shape index (κ2) is 5.35. The van der Waals surface area contributed by atoms with Gasteiger partial charge in [-0.15, -0.1) is 0 Å². The first kappa shape index (κ1) is 11.5. The van der Waals surface area contributed by atoms with Gasteiger partial charge in [-0.2, -0.15) is 0 Å². The fourth-order valence-corrected chi connectivity index (χ4v) is 1.49. The van der Waals surface area contributed by atoms with E-state index in [1.165, 1.54) is 5.56 Å². The van der Waals surface area contributed by atoms with Gasteiger partial charge in [-0.25, -0.2) is 0 Å². The molecule has 0 aromatic heterocycles. The SMILES string of the molecule is CC(C)C(Cc1ccc(Cl)cc1)NN. The average Bonchev–Trinajstić information content (AvgIpc) is 2.16. The zero-order valence-electron chi connectivity index (χ0n) is 8.63. The van der Waals surface area contributed by atoms with Gasteiger partial charge in [-0.3, -0.25) is 11.3 Å². The Morgan fingerprint density at radius 2 is 1.86 bits per heavy atom. The van der Waals surface area contributed by atoms with Crippen LogP contribution in [0.4, 0.5) is 0 Å². The van der Waals surface area contributed by atoms with Gasteiger partial charge in [0, 0.05) is 11.1 Å². The lowest BCUT2D eigenvalue weighted by Crippen LogP contribution is -2.40. The smallest absolute Gasteiger partial charge is 0.0406 e. The summed E-state index contributed by atoms with van der Waals surface area (Å²) in [6, 6.07) is 8.20. The summed E-state index contributed by atoms with van der Waals surface area (Å²) < 4.78 is 0. The Balaban J connectivity index is 2.63. The van der Waals surface area contributed by atoms with Gasteiger partial charge >= 0.3 is 0 Å². The number of hydrogen-bond donors (Lipinski definition) is 2. The molecule has 2 nitrogen and oxygen atoms in total. The van der Waals surface area contributed by atoms with Crippen molar-refractivity contribution in [1.29, 1.82) is 0 Å². The first-order valence-electron chi connectivity index (χ1n) is 4.84. The number of nitrogens with one attached hydrogen (secondary N) is 1. The van der Waals surface area contributed by atoms with E-state index in [0.717, 1.165) is 11.4 Å². The monoisotopic (exact) mass is 212 g/mol. The Hall–Kier alpha value is -0.570. The quantitative estimate of drug-likeness (QED) is 0.594. The van der Waals surface area contributed by atoms with E-state index in [0.29, 0.717) is 12.0 Å². The van der Waals surface area contributed by atoms with E-state index in [-0.39, 0.29) is 0 Å². The van der Waals surface area contributed by atoms with E-state index >= 15 is 0 Å². The highest BCUT2D eigenvalue weighted by atomic mass is 35.5. The van der Waals surface area contributed by atoms with Crippen LogP contribution in [-0.2, 0) is 6.42 Å². The maximum Gasteiger partial charge on any atom is 0.0406 e. The van der Waals surface area contributed by atoms with Gasteiger partial charge in [0.2, 0.25) is 0 Å². The molecule has 0 aliphatic carbocycles. The number of nitrogens with two attached hydrogens (primary N) is 1. The highest BCUT2D eigenvalue weighted by Gasteiger charge is 2.11. The average molecular weight is 213 g/mol. The molecule has 1 aromatic rings. The molecular weight excluding hydrogens is 196 g/mol. The van der Waals surface area contributed by atoms with E-state index in [1.807, 2.05) is 24.3 Å². The first-order valence-corrected chi connectivity index (χ1v) is 5.22. The van der Waals surface area contributed by atoms with Crippen LogP contribution in [0.2, 0.25) is 5.02 Å². The Labute approximate surface area is 90.4 Å². The third-order valence-electron chi connectivity index (χ3n) is 2.39. The van der Waals surface area contributed by atoms with Crippen molar-refractivity contribution in [3.8, 4) is 0 Å². The minimum Gasteiger partial charge on any atom is -0.271 e. The molecule has 3 N–H and O–H groups in total. The summed E-state index contributed by atoms with van der Waals surface area (Å²) in [4.78, 5) is 0. The molecule has 0 bridgehead atoms. The second-order valence-corrected chi connectivity index (χ2v) is 4.28. The van der Waals surface area contributed by atoms with Crippen LogP contribution in [0.5, 0.6) is 0 Å². The predicted molar refractivity (Wildman–Crippen MR) is 61.1 cm³/mol. The van der Waals surface area contributed by atoms with Crippen LogP contribution in [0, 0.1) is 5.92 Å². The lowest BCUT2D eigenvalue weighted by molar-refractivity contribution is 0.404. The van der Waals surface area contributed by atoms with Crippen LogP contribution in [-0.4, -0.2) is 6.04 Å². The first-order chi connectivity index (χ1) is 6.63. The highest BCUT2D eigenvalue weighted by molar-refractivity contribution is 6.30. The van der Waals surface area contributed by atoms with Gasteiger partial charge in [-0.05, 0) is 30.0 Å². The van der Waals surface area contributed by atoms with Crippen molar-refractivity contribution in [3.63, 3.8) is 0 Å². The molecule has 1 atom stereocenters. The molecule has 0 spiro atoms. The predicted octanol–water partition coefficient (Wildman–Crippen LogP) is 2.37. The summed E-state index contributed by atoms with van der Waals surface area (Å²) in [5, 5.41) is 0.774. The van der Waals surface area contributed by atoms with Gasteiger partial charge in [0.05, 0.1) is 0 Å². The molecule has 3 heteroatoms. The van der Waals surface area contributed by atoms with E-state index in [1.54, 1.807) is 0 Å². The van der Waals surface area contributed by atoms with Crippen molar-refractivity contribution < 1.29 is 0 Å². The van der Waals surface area contributed by atoms with Gasteiger partial charge in [0.25, 0.3) is 0 Å². The summed E-state index contributed by atoms with van der Waals surface area (Å²) in [5.41, 5.74) is 4.09. The third kappa shape index (κ3) is 3.29. The van der Waals surface area contributed by atoms with E-state index in [9.17, 15) is 0 Å². The molecule has 1 rings (SSSR count). The van der Waals surface area contributed by atoms with Crippen LogP contribution < -0.4 is 11.3 Å². The van der Waals surface area contributed by atoms with Crippen LogP contribution in [0.3, 0.4) is 0 Å². The molecule has 0 aliphatic rings. The second-order valence-electron chi connectivity index (χ2n) is 3.85. The molecule has 1 unspecified atom stereocenters. The Morgan fingerprint density at radius 3 is 2.29 bits per heavy atom. The Bertz CT molecular complexity index is 269. The van der Waals surface area contributed by atoms with E-state index in [4.69, 9.17) is 17.4 Å². The fraction of sp³-hybridized carbons (Fsp3) is 0.455. The molecule has 1 aromatic carbocycles. The molecule has 0 fully saturated rings. The molecule has 0 aliphatic heterocycles. The molecule has 0 saturated heterocycles. The van der Waals surface area contributed by atoms with E-state index < -0.39 is 0 Å². The van der Waals surface area contributed by atoms with Crippen LogP contribution >= 0.6 is 11.6 Å². The van der Waals surface area contributed by atoms with Crippen molar-refractivity contribution in [2.45, 2.75) is 26.3 Å². The highest BCUT2D eigenvalue weighted by Crippen LogP contribution is 2.13. The molecule has 0 saturated carbocycles. The lowest BCUT2D eigenvalue weighted by atomic mass is 9.97. The van der Waals surface area contributed by atoms with Gasteiger partial charge in [0.15, 0.2) is 0 Å². The number of hydrogen-bond acceptors (Lipinski definition) is 2. The number of rotatable bonds is 4. The third-order valence-corrected chi connectivity index (χ3v) is 2.64. The molecule has 0 radical (unpaired) electrons. The summed E-state index contributed by atoms with van der Waals surface area (Å²) in [6.45, 7) is 4.31. The van der Waals surface area contributed by atoms with E-state index in [2.05, 4.69) is 19.3 Å². The summed E-state index contributed by atoms with van der Waals surface area (Å²) >= 11 is 5.80. The van der Waals surface area contributed by atoms with Crippen molar-refractivity contribution >= 4 is 11.6 Å². The van der Waals surface area contributed by atoms with Crippen molar-refractivity contribution in [2.75, 3.05) is 0 Å². The topological polar surface area (TPSA) is 38.0 Å². The Kier molecular flexibility index (Phi) is 4.39. The van der Waals surface area contributed by atoms with Gasteiger partial charge in [0.1, 0.15) is 0 Å². The van der Waals surface area contributed by atoms with Crippen LogP contribution in [0.15, 0.2) is 24.3 Å². The zero-order chi connectivity index (χ0) is 10.6. The fourth-order valence-electron chi connectivity index (χ4n) is 1.36. The zero-order valence-corrected chi connectivity index (χ0v) is 9.38. The van der Waals surface area contributed by atoms with Crippen molar-refractivity contribution in [2.24, 2.45) is 11.8 Å². The van der Waals surface area contributed by atoms with Gasteiger partial charge in [-0.1, -0.05) is 37.6 Å². The minimum atomic E-state index is 0.316. The maximum absolute atomic E-state index is 5.80. The lowest BCUT2D eigenvalue weighted by Gasteiger charge is -2.19. The van der Waals surface area contributed by atoms with Gasteiger partial charge < -0.3 is 0 Å². The minimum absolute atomic E-state index is 0.316. The standard InChI is InChI=1S/C11H17ClN2/c1-8(2)11(14-13)7-9-3-5-10(12)6-4-9/h3-6,8,11,14H,7,13H2,1-2H3. The normalized spacial score (nSPS) is 13.2.